The number of H-pyrrole nitrogens is 1. The molecule has 0 aliphatic heterocycles. The number of aryl methyl sites for hydroxylation is 1. The minimum absolute atomic E-state index is 0.0835. The number of aromatic amines is 1. The van der Waals surface area contributed by atoms with Gasteiger partial charge in [0.1, 0.15) is 0 Å². The molecular formula is C12H14ClN3OS. The first-order valence-electron chi connectivity index (χ1n) is 5.57. The van der Waals surface area contributed by atoms with Crippen LogP contribution in [0.3, 0.4) is 0 Å². The van der Waals surface area contributed by atoms with E-state index in [0.717, 1.165) is 11.0 Å². The van der Waals surface area contributed by atoms with E-state index in [1.54, 1.807) is 19.0 Å². The largest absolute Gasteiger partial charge is 0.349 e. The van der Waals surface area contributed by atoms with Gasteiger partial charge in [-0.05, 0) is 30.4 Å². The zero-order chi connectivity index (χ0) is 13.3. The maximum absolute atomic E-state index is 11.6. The van der Waals surface area contributed by atoms with Crippen molar-refractivity contribution < 1.29 is 4.79 Å². The van der Waals surface area contributed by atoms with E-state index >= 15 is 0 Å². The number of imidazole rings is 1. The summed E-state index contributed by atoms with van der Waals surface area (Å²) in [6.07, 6.45) is 0.427. The number of halogens is 1. The van der Waals surface area contributed by atoms with Crippen molar-refractivity contribution in [3.05, 3.63) is 28.0 Å². The lowest BCUT2D eigenvalue weighted by atomic mass is 10.3. The van der Waals surface area contributed by atoms with Crippen LogP contribution in [0.5, 0.6) is 0 Å². The lowest BCUT2D eigenvalue weighted by Gasteiger charge is -2.10. The summed E-state index contributed by atoms with van der Waals surface area (Å²) in [5, 5.41) is 0.662. The minimum atomic E-state index is 0.0835. The van der Waals surface area contributed by atoms with E-state index in [-0.39, 0.29) is 5.91 Å². The van der Waals surface area contributed by atoms with E-state index in [1.165, 1.54) is 0 Å². The molecule has 0 bridgehead atoms. The van der Waals surface area contributed by atoms with E-state index in [2.05, 4.69) is 4.98 Å². The second-order valence-electron chi connectivity index (χ2n) is 4.28. The van der Waals surface area contributed by atoms with Gasteiger partial charge in [0.2, 0.25) is 5.91 Å². The van der Waals surface area contributed by atoms with Gasteiger partial charge in [-0.2, -0.15) is 0 Å². The van der Waals surface area contributed by atoms with Gasteiger partial charge in [-0.3, -0.25) is 4.79 Å². The van der Waals surface area contributed by atoms with Crippen molar-refractivity contribution in [2.24, 2.45) is 0 Å². The molecule has 2 rings (SSSR count). The molecule has 1 aromatic heterocycles. The van der Waals surface area contributed by atoms with Crippen LogP contribution in [0.2, 0.25) is 5.02 Å². The minimum Gasteiger partial charge on any atom is -0.349 e. The SMILES string of the molecule is CN(C)C(=O)CCn1c(=S)[nH]c2cc(Cl)ccc21. The van der Waals surface area contributed by atoms with Crippen LogP contribution in [-0.4, -0.2) is 34.5 Å². The lowest BCUT2D eigenvalue weighted by molar-refractivity contribution is -0.128. The molecule has 4 nitrogen and oxygen atoms in total. The van der Waals surface area contributed by atoms with Gasteiger partial charge in [0.15, 0.2) is 4.77 Å². The Morgan fingerprint density at radius 1 is 1.50 bits per heavy atom. The number of aromatic nitrogens is 2. The van der Waals surface area contributed by atoms with Gasteiger partial charge in [-0.25, -0.2) is 0 Å². The number of nitrogens with one attached hydrogen (secondary N) is 1. The Labute approximate surface area is 115 Å². The molecular weight excluding hydrogens is 270 g/mol. The molecule has 0 saturated heterocycles. The summed E-state index contributed by atoms with van der Waals surface area (Å²) in [5.74, 6) is 0.0835. The first-order chi connectivity index (χ1) is 8.49. The Kier molecular flexibility index (Phi) is 3.73. The van der Waals surface area contributed by atoms with E-state index in [4.69, 9.17) is 23.8 Å². The summed E-state index contributed by atoms with van der Waals surface area (Å²) >= 11 is 11.2. The van der Waals surface area contributed by atoms with E-state index in [1.807, 2.05) is 22.8 Å². The number of hydrogen-bond donors (Lipinski definition) is 1. The van der Waals surface area contributed by atoms with E-state index < -0.39 is 0 Å². The quantitative estimate of drug-likeness (QED) is 0.880. The second-order valence-corrected chi connectivity index (χ2v) is 5.10. The molecule has 0 aliphatic rings. The van der Waals surface area contributed by atoms with Crippen molar-refractivity contribution in [3.63, 3.8) is 0 Å². The molecule has 1 heterocycles. The van der Waals surface area contributed by atoms with Gasteiger partial charge >= 0.3 is 0 Å². The highest BCUT2D eigenvalue weighted by Crippen LogP contribution is 2.19. The molecule has 1 N–H and O–H groups in total. The van der Waals surface area contributed by atoms with E-state index in [9.17, 15) is 4.79 Å². The number of nitrogens with zero attached hydrogens (tertiary/aromatic N) is 2. The third kappa shape index (κ3) is 2.57. The summed E-state index contributed by atoms with van der Waals surface area (Å²) in [7, 11) is 3.49. The van der Waals surface area contributed by atoms with Crippen LogP contribution in [0.4, 0.5) is 0 Å². The van der Waals surface area contributed by atoms with Crippen LogP contribution in [0.15, 0.2) is 18.2 Å². The monoisotopic (exact) mass is 283 g/mol. The molecule has 1 aromatic carbocycles. The molecule has 6 heteroatoms. The molecule has 0 radical (unpaired) electrons. The smallest absolute Gasteiger partial charge is 0.223 e. The topological polar surface area (TPSA) is 41.0 Å². The highest BCUT2D eigenvalue weighted by atomic mass is 35.5. The van der Waals surface area contributed by atoms with Gasteiger partial charge in [-0.15, -0.1) is 0 Å². The van der Waals surface area contributed by atoms with Crippen LogP contribution in [0.1, 0.15) is 6.42 Å². The van der Waals surface area contributed by atoms with Crippen molar-refractivity contribution in [2.45, 2.75) is 13.0 Å². The molecule has 0 spiro atoms. The molecule has 0 saturated carbocycles. The van der Waals surface area contributed by atoms with Gasteiger partial charge in [0, 0.05) is 32.1 Å². The Bertz CT molecular complexity index is 644. The van der Waals surface area contributed by atoms with Crippen LogP contribution >= 0.6 is 23.8 Å². The fourth-order valence-electron chi connectivity index (χ4n) is 1.79. The van der Waals surface area contributed by atoms with Crippen LogP contribution in [0, 0.1) is 4.77 Å². The zero-order valence-electron chi connectivity index (χ0n) is 10.2. The predicted octanol–water partition coefficient (Wildman–Crippen LogP) is 2.83. The predicted molar refractivity (Wildman–Crippen MR) is 75.4 cm³/mol. The van der Waals surface area contributed by atoms with Crippen LogP contribution in [0.25, 0.3) is 11.0 Å². The Morgan fingerprint density at radius 2 is 2.22 bits per heavy atom. The normalized spacial score (nSPS) is 10.8. The highest BCUT2D eigenvalue weighted by Gasteiger charge is 2.08. The second kappa shape index (κ2) is 5.12. The molecule has 2 aromatic rings. The summed E-state index contributed by atoms with van der Waals surface area (Å²) in [4.78, 5) is 16.3. The third-order valence-corrected chi connectivity index (χ3v) is 3.34. The van der Waals surface area contributed by atoms with Gasteiger partial charge in [-0.1, -0.05) is 11.6 Å². The number of amides is 1. The van der Waals surface area contributed by atoms with Crippen molar-refractivity contribution in [1.29, 1.82) is 0 Å². The van der Waals surface area contributed by atoms with Gasteiger partial charge in [0.25, 0.3) is 0 Å². The summed E-state index contributed by atoms with van der Waals surface area (Å²) in [6.45, 7) is 0.567. The first kappa shape index (κ1) is 13.1. The average molecular weight is 284 g/mol. The van der Waals surface area contributed by atoms with Crippen molar-refractivity contribution >= 4 is 40.8 Å². The van der Waals surface area contributed by atoms with Crippen molar-refractivity contribution in [1.82, 2.24) is 14.5 Å². The molecule has 0 aliphatic carbocycles. The number of benzene rings is 1. The highest BCUT2D eigenvalue weighted by molar-refractivity contribution is 7.71. The number of hydrogen-bond acceptors (Lipinski definition) is 2. The first-order valence-corrected chi connectivity index (χ1v) is 6.36. The fraction of sp³-hybridized carbons (Fsp3) is 0.333. The zero-order valence-corrected chi connectivity index (χ0v) is 11.8. The van der Waals surface area contributed by atoms with Crippen LogP contribution < -0.4 is 0 Å². The molecule has 18 heavy (non-hydrogen) atoms. The van der Waals surface area contributed by atoms with Gasteiger partial charge < -0.3 is 14.5 Å². The maximum atomic E-state index is 11.6. The maximum Gasteiger partial charge on any atom is 0.223 e. The van der Waals surface area contributed by atoms with Crippen LogP contribution in [-0.2, 0) is 11.3 Å². The standard InChI is InChI=1S/C12H14ClN3OS/c1-15(2)11(17)5-6-16-10-4-3-8(13)7-9(10)14-12(16)18/h3-4,7H,5-6H2,1-2H3,(H,14,18). The average Bonchev–Trinajstić information content (AvgIpc) is 2.60. The Morgan fingerprint density at radius 3 is 2.89 bits per heavy atom. The number of carbonyl (C=O) groups is 1. The molecule has 0 unspecified atom stereocenters. The fourth-order valence-corrected chi connectivity index (χ4v) is 2.26. The summed E-state index contributed by atoms with van der Waals surface area (Å²) in [5.41, 5.74) is 1.86. The van der Waals surface area contributed by atoms with Gasteiger partial charge in [0.05, 0.1) is 11.0 Å². The van der Waals surface area contributed by atoms with Crippen molar-refractivity contribution in [3.8, 4) is 0 Å². The number of fused-ring (bicyclic) bond motifs is 1. The molecule has 0 atom stereocenters. The molecule has 0 fully saturated rings. The van der Waals surface area contributed by atoms with Crippen molar-refractivity contribution in [2.75, 3.05) is 14.1 Å². The number of carbonyl (C=O) groups excluding carboxylic acids is 1. The molecule has 96 valence electrons. The third-order valence-electron chi connectivity index (χ3n) is 2.78. The summed E-state index contributed by atoms with van der Waals surface area (Å²) < 4.78 is 2.53. The lowest BCUT2D eigenvalue weighted by Crippen LogP contribution is -2.22. The van der Waals surface area contributed by atoms with E-state index in [0.29, 0.717) is 22.8 Å². The Hall–Kier alpha value is -1.33. The summed E-state index contributed by atoms with van der Waals surface area (Å²) in [6, 6.07) is 5.55. The number of rotatable bonds is 3. The Balaban J connectivity index is 2.31. The molecule has 1 amide bonds.